The Hall–Kier alpha value is -6.32. The number of fused-ring (bicyclic) bond motifs is 6. The number of benzene rings is 7. The minimum Gasteiger partial charge on any atom is -0.398 e. The Balaban J connectivity index is 1.13. The van der Waals surface area contributed by atoms with Gasteiger partial charge in [-0.05, 0) is 83.3 Å². The summed E-state index contributed by atoms with van der Waals surface area (Å²) in [5.74, 6) is 0. The molecule has 2 aromatic heterocycles. The summed E-state index contributed by atoms with van der Waals surface area (Å²) >= 11 is 0. The van der Waals surface area contributed by atoms with Gasteiger partial charge in [-0.1, -0.05) is 121 Å². The molecule has 2 heterocycles. The second kappa shape index (κ2) is 11.5. The highest BCUT2D eigenvalue weighted by molar-refractivity contribution is 6.12. The lowest BCUT2D eigenvalue weighted by Crippen LogP contribution is -1.97. The van der Waals surface area contributed by atoms with Gasteiger partial charge in [0.2, 0.25) is 0 Å². The fourth-order valence-corrected chi connectivity index (χ4v) is 7.19. The van der Waals surface area contributed by atoms with Crippen LogP contribution < -0.4 is 5.73 Å². The van der Waals surface area contributed by atoms with Crippen LogP contribution >= 0.6 is 0 Å². The van der Waals surface area contributed by atoms with Crippen molar-refractivity contribution in [1.82, 2.24) is 9.13 Å². The first-order valence-electron chi connectivity index (χ1n) is 16.5. The van der Waals surface area contributed by atoms with E-state index in [1.807, 2.05) is 30.3 Å². The van der Waals surface area contributed by atoms with Crippen LogP contribution in [0.1, 0.15) is 11.1 Å². The van der Waals surface area contributed by atoms with E-state index in [-0.39, 0.29) is 0 Å². The SMILES string of the molecule is N/C(=C\Cc1ccc(-n2c3ccccc3c3cc(-c4ccc5c6ccccc6n(-c6ccccc6)c5c4)ccc32)cc1)c1ccccc1. The van der Waals surface area contributed by atoms with E-state index in [1.165, 1.54) is 66.0 Å². The maximum absolute atomic E-state index is 6.36. The topological polar surface area (TPSA) is 35.9 Å². The van der Waals surface area contributed by atoms with Crippen molar-refractivity contribution in [2.45, 2.75) is 6.42 Å². The van der Waals surface area contributed by atoms with E-state index in [4.69, 9.17) is 5.73 Å². The number of aromatic nitrogens is 2. The van der Waals surface area contributed by atoms with Crippen LogP contribution in [0, 0.1) is 0 Å². The van der Waals surface area contributed by atoms with Gasteiger partial charge in [-0.25, -0.2) is 0 Å². The Bertz CT molecular complexity index is 2620. The summed E-state index contributed by atoms with van der Waals surface area (Å²) in [7, 11) is 0. The molecule has 3 heteroatoms. The van der Waals surface area contributed by atoms with E-state index < -0.39 is 0 Å². The standard InChI is InChI=1S/C45H33N3/c46-41(32-11-3-1-4-12-32)27-21-31-19-24-36(25-20-31)47-43-18-10-8-16-38(43)40-29-33(23-28-44(40)47)34-22-26-39-37-15-7-9-17-42(37)48(45(39)30-34)35-13-5-2-6-14-35/h1-20,22-30H,21,46H2/b41-27-. The average molecular weight is 616 g/mol. The molecular formula is C45H33N3. The van der Waals surface area contributed by atoms with Crippen LogP contribution in [0.15, 0.2) is 176 Å². The summed E-state index contributed by atoms with van der Waals surface area (Å²) in [6.07, 6.45) is 2.88. The second-order valence-electron chi connectivity index (χ2n) is 12.4. The van der Waals surface area contributed by atoms with Crippen LogP contribution in [0.5, 0.6) is 0 Å². The molecule has 0 bridgehead atoms. The van der Waals surface area contributed by atoms with Crippen LogP contribution in [-0.2, 0) is 6.42 Å². The maximum atomic E-state index is 6.36. The van der Waals surface area contributed by atoms with Gasteiger partial charge < -0.3 is 14.9 Å². The van der Waals surface area contributed by atoms with Crippen molar-refractivity contribution >= 4 is 49.3 Å². The van der Waals surface area contributed by atoms with Crippen molar-refractivity contribution in [2.24, 2.45) is 5.73 Å². The Morgan fingerprint density at radius 1 is 0.438 bits per heavy atom. The highest BCUT2D eigenvalue weighted by Gasteiger charge is 2.16. The van der Waals surface area contributed by atoms with Gasteiger partial charge in [0.05, 0.1) is 22.1 Å². The zero-order chi connectivity index (χ0) is 32.0. The summed E-state index contributed by atoms with van der Waals surface area (Å²) in [6.45, 7) is 0. The number of allylic oxidation sites excluding steroid dienone is 1. The molecule has 2 N–H and O–H groups in total. The molecular weight excluding hydrogens is 583 g/mol. The highest BCUT2D eigenvalue weighted by Crippen LogP contribution is 2.38. The molecule has 9 aromatic rings. The molecule has 9 rings (SSSR count). The predicted molar refractivity (Wildman–Crippen MR) is 203 cm³/mol. The van der Waals surface area contributed by atoms with Crippen LogP contribution in [0.25, 0.3) is 71.8 Å². The molecule has 0 amide bonds. The van der Waals surface area contributed by atoms with Crippen LogP contribution in [0.3, 0.4) is 0 Å². The summed E-state index contributed by atoms with van der Waals surface area (Å²) in [6, 6.07) is 60.8. The lowest BCUT2D eigenvalue weighted by molar-refractivity contribution is 1.16. The minimum absolute atomic E-state index is 0.783. The van der Waals surface area contributed by atoms with E-state index in [0.717, 1.165) is 23.4 Å². The van der Waals surface area contributed by atoms with Crippen molar-refractivity contribution in [3.63, 3.8) is 0 Å². The summed E-state index contributed by atoms with van der Waals surface area (Å²) in [5.41, 5.74) is 19.0. The third-order valence-electron chi connectivity index (χ3n) is 9.55. The molecule has 0 unspecified atom stereocenters. The number of nitrogens with zero attached hydrogens (tertiary/aromatic N) is 2. The van der Waals surface area contributed by atoms with E-state index in [2.05, 4.69) is 155 Å². The second-order valence-corrected chi connectivity index (χ2v) is 12.4. The van der Waals surface area contributed by atoms with Gasteiger partial charge in [0.15, 0.2) is 0 Å². The third kappa shape index (κ3) is 4.68. The van der Waals surface area contributed by atoms with Crippen LogP contribution in [-0.4, -0.2) is 9.13 Å². The molecule has 0 aliphatic rings. The fraction of sp³-hybridized carbons (Fsp3) is 0.0222. The summed E-state index contributed by atoms with van der Waals surface area (Å²) < 4.78 is 4.76. The zero-order valence-corrected chi connectivity index (χ0v) is 26.4. The summed E-state index contributed by atoms with van der Waals surface area (Å²) in [5, 5.41) is 5.02. The lowest BCUT2D eigenvalue weighted by atomic mass is 10.0. The first-order chi connectivity index (χ1) is 23.7. The first-order valence-corrected chi connectivity index (χ1v) is 16.5. The Labute approximate surface area is 279 Å². The Kier molecular flexibility index (Phi) is 6.69. The van der Waals surface area contributed by atoms with Crippen molar-refractivity contribution in [3.05, 3.63) is 187 Å². The molecule has 0 aliphatic heterocycles. The Morgan fingerprint density at radius 2 is 0.958 bits per heavy atom. The number of hydrogen-bond donors (Lipinski definition) is 1. The maximum Gasteiger partial charge on any atom is 0.0547 e. The molecule has 0 saturated heterocycles. The van der Waals surface area contributed by atoms with Gasteiger partial charge in [-0.3, -0.25) is 0 Å². The molecule has 0 aliphatic carbocycles. The molecule has 0 radical (unpaired) electrons. The van der Waals surface area contributed by atoms with Crippen molar-refractivity contribution in [3.8, 4) is 22.5 Å². The zero-order valence-electron chi connectivity index (χ0n) is 26.4. The molecule has 0 saturated carbocycles. The smallest absolute Gasteiger partial charge is 0.0547 e. The van der Waals surface area contributed by atoms with Gasteiger partial charge in [0, 0.05) is 38.6 Å². The van der Waals surface area contributed by atoms with Gasteiger partial charge >= 0.3 is 0 Å². The molecule has 7 aromatic carbocycles. The lowest BCUT2D eigenvalue weighted by Gasteiger charge is -2.10. The molecule has 228 valence electrons. The number of hydrogen-bond acceptors (Lipinski definition) is 1. The first kappa shape index (κ1) is 27.9. The molecule has 3 nitrogen and oxygen atoms in total. The van der Waals surface area contributed by atoms with E-state index in [0.29, 0.717) is 0 Å². The molecule has 0 atom stereocenters. The van der Waals surface area contributed by atoms with Gasteiger partial charge in [0.25, 0.3) is 0 Å². The minimum atomic E-state index is 0.783. The highest BCUT2D eigenvalue weighted by atomic mass is 15.0. The van der Waals surface area contributed by atoms with Gasteiger partial charge in [0.1, 0.15) is 0 Å². The summed E-state index contributed by atoms with van der Waals surface area (Å²) in [4.78, 5) is 0. The predicted octanol–water partition coefficient (Wildman–Crippen LogP) is 11.1. The molecule has 0 fully saturated rings. The monoisotopic (exact) mass is 615 g/mol. The quantitative estimate of drug-likeness (QED) is 0.198. The molecule has 48 heavy (non-hydrogen) atoms. The van der Waals surface area contributed by atoms with E-state index >= 15 is 0 Å². The number of para-hydroxylation sites is 3. The number of rotatable bonds is 6. The van der Waals surface area contributed by atoms with Gasteiger partial charge in [-0.15, -0.1) is 0 Å². The van der Waals surface area contributed by atoms with Crippen LogP contribution in [0.2, 0.25) is 0 Å². The van der Waals surface area contributed by atoms with Crippen LogP contribution in [0.4, 0.5) is 0 Å². The molecule has 0 spiro atoms. The fourth-order valence-electron chi connectivity index (χ4n) is 7.19. The largest absolute Gasteiger partial charge is 0.398 e. The van der Waals surface area contributed by atoms with E-state index in [1.54, 1.807) is 0 Å². The van der Waals surface area contributed by atoms with E-state index in [9.17, 15) is 0 Å². The number of nitrogens with two attached hydrogens (primary N) is 1. The third-order valence-corrected chi connectivity index (χ3v) is 9.55. The van der Waals surface area contributed by atoms with Crippen molar-refractivity contribution in [1.29, 1.82) is 0 Å². The van der Waals surface area contributed by atoms with Gasteiger partial charge in [-0.2, -0.15) is 0 Å². The van der Waals surface area contributed by atoms with Crippen molar-refractivity contribution < 1.29 is 0 Å². The Morgan fingerprint density at radius 3 is 1.69 bits per heavy atom. The van der Waals surface area contributed by atoms with Crippen molar-refractivity contribution in [2.75, 3.05) is 0 Å². The average Bonchev–Trinajstić information content (AvgIpc) is 3.67. The normalized spacial score (nSPS) is 12.0.